The largest absolute Gasteiger partial charge is 0.367 e. The maximum absolute atomic E-state index is 13.8. The average Bonchev–Trinajstić information content (AvgIpc) is 3.11. The molecule has 1 saturated carbocycles. The number of nitrogens with one attached hydrogen (secondary N) is 1. The van der Waals surface area contributed by atoms with Gasteiger partial charge < -0.3 is 5.32 Å². The van der Waals surface area contributed by atoms with Gasteiger partial charge in [-0.25, -0.2) is 14.4 Å². The fourth-order valence-corrected chi connectivity index (χ4v) is 1.87. The van der Waals surface area contributed by atoms with Crippen LogP contribution in [0.2, 0.25) is 0 Å². The summed E-state index contributed by atoms with van der Waals surface area (Å²) >= 11 is 0. The Morgan fingerprint density at radius 3 is 2.88 bits per heavy atom. The van der Waals surface area contributed by atoms with E-state index in [1.165, 1.54) is 19.2 Å². The number of hydrogen-bond donors (Lipinski definition) is 1. The van der Waals surface area contributed by atoms with Gasteiger partial charge in [-0.3, -0.25) is 0 Å². The van der Waals surface area contributed by atoms with Gasteiger partial charge in [-0.15, -0.1) is 0 Å². The van der Waals surface area contributed by atoms with Crippen LogP contribution in [0.5, 0.6) is 0 Å². The smallest absolute Gasteiger partial charge is 0.186 e. The summed E-state index contributed by atoms with van der Waals surface area (Å²) in [5.74, 6) is 1.47. The third-order valence-corrected chi connectivity index (χ3v) is 3.21. The number of nitrogens with zero attached hydrogens (tertiary/aromatic N) is 2. The summed E-state index contributed by atoms with van der Waals surface area (Å²) in [7, 11) is 0. The molecule has 0 bridgehead atoms. The highest BCUT2D eigenvalue weighted by Gasteiger charge is 2.27. The van der Waals surface area contributed by atoms with Crippen LogP contribution in [-0.2, 0) is 6.42 Å². The fourth-order valence-electron chi connectivity index (χ4n) is 1.87. The Hall–Kier alpha value is -1.19. The van der Waals surface area contributed by atoms with Crippen LogP contribution in [0.4, 0.5) is 10.2 Å². The highest BCUT2D eigenvalue weighted by molar-refractivity contribution is 5.37. The Balaban J connectivity index is 1.97. The Morgan fingerprint density at radius 1 is 1.50 bits per heavy atom. The molecule has 1 N–H and O–H groups in total. The quantitative estimate of drug-likeness (QED) is 0.833. The van der Waals surface area contributed by atoms with E-state index in [1.807, 2.05) is 6.92 Å². The van der Waals surface area contributed by atoms with Gasteiger partial charge in [0, 0.05) is 6.54 Å². The topological polar surface area (TPSA) is 37.8 Å². The molecule has 1 atom stereocenters. The number of rotatable bonds is 5. The molecule has 4 heteroatoms. The molecule has 1 aromatic heterocycles. The second-order valence-electron chi connectivity index (χ2n) is 4.53. The molecule has 0 aromatic carbocycles. The summed E-state index contributed by atoms with van der Waals surface area (Å²) in [6, 6.07) is 0. The highest BCUT2D eigenvalue weighted by Crippen LogP contribution is 2.36. The van der Waals surface area contributed by atoms with E-state index >= 15 is 0 Å². The zero-order valence-electron chi connectivity index (χ0n) is 9.83. The van der Waals surface area contributed by atoms with Crippen molar-refractivity contribution in [3.63, 3.8) is 0 Å². The fraction of sp³-hybridized carbons (Fsp3) is 0.667. The third kappa shape index (κ3) is 2.49. The minimum absolute atomic E-state index is 0.298. The van der Waals surface area contributed by atoms with E-state index in [4.69, 9.17) is 0 Å². The molecule has 0 spiro atoms. The lowest BCUT2D eigenvalue weighted by atomic mass is 10.1. The van der Waals surface area contributed by atoms with Gasteiger partial charge in [-0.2, -0.15) is 0 Å². The lowest BCUT2D eigenvalue weighted by Gasteiger charge is -2.12. The first-order chi connectivity index (χ1) is 7.72. The molecule has 1 aliphatic carbocycles. The first-order valence-electron chi connectivity index (χ1n) is 5.95. The predicted octanol–water partition coefficient (Wildman–Crippen LogP) is 2.64. The first-order valence-corrected chi connectivity index (χ1v) is 5.95. The monoisotopic (exact) mass is 223 g/mol. The number of aromatic nitrogens is 2. The molecule has 2 rings (SSSR count). The third-order valence-electron chi connectivity index (χ3n) is 3.21. The summed E-state index contributed by atoms with van der Waals surface area (Å²) in [6.07, 6.45) is 4.65. The zero-order valence-corrected chi connectivity index (χ0v) is 9.83. The molecule has 1 fully saturated rings. The van der Waals surface area contributed by atoms with E-state index in [0.29, 0.717) is 23.9 Å². The lowest BCUT2D eigenvalue weighted by Crippen LogP contribution is -2.15. The Bertz CT molecular complexity index is 363. The normalized spacial score (nSPS) is 17.2. The Labute approximate surface area is 95.5 Å². The maximum Gasteiger partial charge on any atom is 0.186 e. The molecule has 0 saturated heterocycles. The van der Waals surface area contributed by atoms with Crippen molar-refractivity contribution in [1.82, 2.24) is 9.97 Å². The van der Waals surface area contributed by atoms with E-state index in [2.05, 4.69) is 22.2 Å². The van der Waals surface area contributed by atoms with E-state index in [-0.39, 0.29) is 5.82 Å². The molecule has 88 valence electrons. The van der Waals surface area contributed by atoms with Crippen LogP contribution < -0.4 is 5.32 Å². The SMILES string of the molecule is CCc1ncnc(NCC(C)C2CC2)c1F. The molecule has 1 heterocycles. The average molecular weight is 223 g/mol. The van der Waals surface area contributed by atoms with Crippen molar-refractivity contribution in [2.24, 2.45) is 11.8 Å². The molecule has 16 heavy (non-hydrogen) atoms. The highest BCUT2D eigenvalue weighted by atomic mass is 19.1. The van der Waals surface area contributed by atoms with Crippen molar-refractivity contribution in [2.75, 3.05) is 11.9 Å². The predicted molar refractivity (Wildman–Crippen MR) is 61.7 cm³/mol. The van der Waals surface area contributed by atoms with Gasteiger partial charge in [0.1, 0.15) is 6.33 Å². The van der Waals surface area contributed by atoms with Crippen molar-refractivity contribution >= 4 is 5.82 Å². The standard InChI is InChI=1S/C12H18FN3/c1-3-10-11(13)12(16-7-15-10)14-6-8(2)9-4-5-9/h7-9H,3-6H2,1-2H3,(H,14,15,16). The van der Waals surface area contributed by atoms with Gasteiger partial charge in [-0.05, 0) is 31.1 Å². The number of hydrogen-bond acceptors (Lipinski definition) is 3. The molecule has 0 radical (unpaired) electrons. The van der Waals surface area contributed by atoms with E-state index in [1.54, 1.807) is 0 Å². The molecular weight excluding hydrogens is 205 g/mol. The van der Waals surface area contributed by atoms with Gasteiger partial charge in [-0.1, -0.05) is 13.8 Å². The van der Waals surface area contributed by atoms with E-state index < -0.39 is 0 Å². The molecule has 1 aromatic rings. The summed E-state index contributed by atoms with van der Waals surface area (Å²) in [5, 5.41) is 3.08. The van der Waals surface area contributed by atoms with Crippen molar-refractivity contribution in [1.29, 1.82) is 0 Å². The molecule has 1 aliphatic rings. The second-order valence-corrected chi connectivity index (χ2v) is 4.53. The van der Waals surface area contributed by atoms with Crippen LogP contribution in [0, 0.1) is 17.7 Å². The lowest BCUT2D eigenvalue weighted by molar-refractivity contribution is 0.530. The minimum atomic E-state index is -0.298. The summed E-state index contributed by atoms with van der Waals surface area (Å²) in [4.78, 5) is 7.85. The van der Waals surface area contributed by atoms with Gasteiger partial charge >= 0.3 is 0 Å². The van der Waals surface area contributed by atoms with Crippen LogP contribution in [-0.4, -0.2) is 16.5 Å². The number of aryl methyl sites for hydroxylation is 1. The summed E-state index contributed by atoms with van der Waals surface area (Å²) in [5.41, 5.74) is 0.483. The van der Waals surface area contributed by atoms with Gasteiger partial charge in [0.25, 0.3) is 0 Å². The molecular formula is C12H18FN3. The van der Waals surface area contributed by atoms with E-state index in [0.717, 1.165) is 12.5 Å². The van der Waals surface area contributed by atoms with Crippen molar-refractivity contribution in [2.45, 2.75) is 33.1 Å². The molecule has 0 aliphatic heterocycles. The van der Waals surface area contributed by atoms with Gasteiger partial charge in [0.2, 0.25) is 0 Å². The second kappa shape index (κ2) is 4.76. The Morgan fingerprint density at radius 2 is 2.25 bits per heavy atom. The minimum Gasteiger partial charge on any atom is -0.367 e. The summed E-state index contributed by atoms with van der Waals surface area (Å²) < 4.78 is 13.8. The first kappa shape index (κ1) is 11.3. The van der Waals surface area contributed by atoms with Crippen LogP contribution >= 0.6 is 0 Å². The summed E-state index contributed by atoms with van der Waals surface area (Å²) in [6.45, 7) is 4.88. The number of halogens is 1. The zero-order chi connectivity index (χ0) is 11.5. The van der Waals surface area contributed by atoms with Crippen LogP contribution in [0.15, 0.2) is 6.33 Å². The van der Waals surface area contributed by atoms with Gasteiger partial charge in [0.05, 0.1) is 5.69 Å². The van der Waals surface area contributed by atoms with E-state index in [9.17, 15) is 4.39 Å². The van der Waals surface area contributed by atoms with Crippen LogP contribution in [0.1, 0.15) is 32.4 Å². The van der Waals surface area contributed by atoms with Gasteiger partial charge in [0.15, 0.2) is 11.6 Å². The van der Waals surface area contributed by atoms with Crippen LogP contribution in [0.3, 0.4) is 0 Å². The van der Waals surface area contributed by atoms with Crippen LogP contribution in [0.25, 0.3) is 0 Å². The Kier molecular flexibility index (Phi) is 3.36. The molecule has 3 nitrogen and oxygen atoms in total. The number of anilines is 1. The van der Waals surface area contributed by atoms with Crippen molar-refractivity contribution in [3.05, 3.63) is 17.8 Å². The van der Waals surface area contributed by atoms with Crippen molar-refractivity contribution in [3.8, 4) is 0 Å². The molecule has 1 unspecified atom stereocenters. The molecule has 0 amide bonds. The van der Waals surface area contributed by atoms with Crippen molar-refractivity contribution < 1.29 is 4.39 Å². The maximum atomic E-state index is 13.8.